The van der Waals surface area contributed by atoms with Crippen LogP contribution in [-0.4, -0.2) is 82.3 Å². The summed E-state index contributed by atoms with van der Waals surface area (Å²) in [4.78, 5) is 37.5. The molecular weight excluding hydrogens is 1130 g/mol. The Morgan fingerprint density at radius 3 is 0.879 bits per heavy atom. The summed E-state index contributed by atoms with van der Waals surface area (Å²) in [7, 11) is 5.92. The topological polar surface area (TPSA) is 111 Å². The van der Waals surface area contributed by atoms with Crippen molar-refractivity contribution in [2.45, 2.75) is 270 Å². The number of carbonyl (C=O) groups is 3. The Morgan fingerprint density at radius 2 is 0.593 bits per heavy atom. The van der Waals surface area contributed by atoms with Crippen LogP contribution in [0, 0.1) is 0 Å². The number of hydrogen-bond acceptors (Lipinski definition) is 8. The number of quaternary nitrogens is 1. The van der Waals surface area contributed by atoms with Crippen LogP contribution in [0.15, 0.2) is 182 Å². The van der Waals surface area contributed by atoms with Gasteiger partial charge in [-0.3, -0.25) is 9.59 Å². The van der Waals surface area contributed by atoms with E-state index in [0.29, 0.717) is 17.4 Å². The van der Waals surface area contributed by atoms with Gasteiger partial charge in [0.2, 0.25) is 0 Å². The Morgan fingerprint density at radius 1 is 0.330 bits per heavy atom. The second-order valence-corrected chi connectivity index (χ2v) is 24.4. The number of likely N-dealkylation sites (N-methyl/N-ethyl adjacent to an activating group) is 1. The van der Waals surface area contributed by atoms with Crippen LogP contribution in [0.5, 0.6) is 0 Å². The summed E-state index contributed by atoms with van der Waals surface area (Å²) < 4.78 is 22.8. The molecule has 91 heavy (non-hydrogen) atoms. The molecule has 512 valence electrons. The Hall–Kier alpha value is -5.61. The van der Waals surface area contributed by atoms with Gasteiger partial charge >= 0.3 is 11.9 Å². The first-order chi connectivity index (χ1) is 44.6. The van der Waals surface area contributed by atoms with Gasteiger partial charge in [-0.05, 0) is 135 Å². The molecule has 2 atom stereocenters. The van der Waals surface area contributed by atoms with Crippen LogP contribution < -0.4 is 5.11 Å². The predicted octanol–water partition coefficient (Wildman–Crippen LogP) is 21.5. The predicted molar refractivity (Wildman–Crippen MR) is 388 cm³/mol. The van der Waals surface area contributed by atoms with Crippen molar-refractivity contribution in [3.05, 3.63) is 182 Å². The van der Waals surface area contributed by atoms with E-state index in [-0.39, 0.29) is 38.6 Å². The highest BCUT2D eigenvalue weighted by Crippen LogP contribution is 2.16. The number of nitrogens with zero attached hydrogens (tertiary/aromatic N) is 1. The highest BCUT2D eigenvalue weighted by Gasteiger charge is 2.22. The van der Waals surface area contributed by atoms with Crippen molar-refractivity contribution in [2.75, 3.05) is 47.5 Å². The molecule has 0 rings (SSSR count). The third-order valence-corrected chi connectivity index (χ3v) is 14.6. The lowest BCUT2D eigenvalue weighted by Crippen LogP contribution is -2.44. The Bertz CT molecular complexity index is 2150. The van der Waals surface area contributed by atoms with Gasteiger partial charge in [0.25, 0.3) is 0 Å². The molecule has 0 aromatic rings. The standard InChI is InChI=1S/C82H131NO8/c1-6-8-10-12-14-16-18-20-22-24-26-28-30-32-34-36-37-38-39-40-41-42-43-45-47-49-51-53-55-57-59-61-63-65-67-69-71-73-80(85)91-78(77-90-82(81(86)87)88-75-74-83(3,4)5)76-89-79(84)72-70-68-66-64-62-60-58-56-54-52-50-48-46-44-35-33-31-29-27-25-23-21-19-17-15-13-11-9-7-2/h8-11,14-17,20-23,26-29,32-35,37-38,40-41,43,45-46,48,52,54,78,82H,6-7,12-13,18-19,24-25,30-31,36,39,42,44,47,49-51,53,55-77H2,1-5H3/b10-8-,11-9-,16-14-,17-15-,22-20-,23-21-,28-26-,29-27-,34-32-,35-33-,38-37-,41-40-,45-43-,48-46-,54-52-. The molecule has 0 fully saturated rings. The molecule has 0 spiro atoms. The maximum atomic E-state index is 12.9. The van der Waals surface area contributed by atoms with Crippen LogP contribution in [-0.2, 0) is 33.3 Å². The molecule has 0 amide bonds. The zero-order valence-corrected chi connectivity index (χ0v) is 58.4. The second kappa shape index (κ2) is 70.3. The first-order valence-corrected chi connectivity index (χ1v) is 35.9. The Kier molecular flexibility index (Phi) is 65.9. The van der Waals surface area contributed by atoms with E-state index in [4.69, 9.17) is 18.9 Å². The fourth-order valence-electron chi connectivity index (χ4n) is 9.24. The van der Waals surface area contributed by atoms with Crippen molar-refractivity contribution in [2.24, 2.45) is 0 Å². The molecule has 0 saturated heterocycles. The van der Waals surface area contributed by atoms with Crippen LogP contribution in [0.3, 0.4) is 0 Å². The number of carboxylic acid groups (broad SMARTS) is 1. The highest BCUT2D eigenvalue weighted by molar-refractivity contribution is 5.70. The first kappa shape index (κ1) is 85.4. The van der Waals surface area contributed by atoms with Crippen molar-refractivity contribution >= 4 is 17.9 Å². The van der Waals surface area contributed by atoms with Crippen LogP contribution in [0.2, 0.25) is 0 Å². The molecule has 0 aromatic heterocycles. The Labute approximate surface area is 558 Å². The monoisotopic (exact) mass is 1260 g/mol. The van der Waals surface area contributed by atoms with Gasteiger partial charge in [-0.15, -0.1) is 0 Å². The minimum absolute atomic E-state index is 0.136. The lowest BCUT2D eigenvalue weighted by atomic mass is 10.0. The van der Waals surface area contributed by atoms with Gasteiger partial charge in [0.15, 0.2) is 12.4 Å². The van der Waals surface area contributed by atoms with E-state index in [1.165, 1.54) is 70.6 Å². The molecule has 0 saturated carbocycles. The third-order valence-electron chi connectivity index (χ3n) is 14.6. The number of esters is 2. The lowest BCUT2D eigenvalue weighted by molar-refractivity contribution is -0.870. The summed E-state index contributed by atoms with van der Waals surface area (Å²) >= 11 is 0. The maximum absolute atomic E-state index is 12.9. The lowest BCUT2D eigenvalue weighted by Gasteiger charge is -2.26. The molecule has 0 radical (unpaired) electrons. The normalized spacial score (nSPS) is 13.8. The molecule has 0 N–H and O–H groups in total. The molecule has 9 heteroatoms. The summed E-state index contributed by atoms with van der Waals surface area (Å²) in [5.41, 5.74) is 0. The quantitative estimate of drug-likeness (QED) is 0.0195. The molecule has 0 aliphatic carbocycles. The molecule has 9 nitrogen and oxygen atoms in total. The van der Waals surface area contributed by atoms with E-state index >= 15 is 0 Å². The highest BCUT2D eigenvalue weighted by atomic mass is 16.7. The third kappa shape index (κ3) is 71.7. The number of carbonyl (C=O) groups excluding carboxylic acids is 3. The number of unbranched alkanes of at least 4 members (excludes halogenated alkanes) is 19. The fourth-order valence-corrected chi connectivity index (χ4v) is 9.24. The summed E-state index contributed by atoms with van der Waals surface area (Å²) in [5, 5.41) is 11.8. The number of hydrogen-bond donors (Lipinski definition) is 0. The van der Waals surface area contributed by atoms with Gasteiger partial charge in [0.1, 0.15) is 13.2 Å². The molecule has 0 aliphatic rings. The second-order valence-electron chi connectivity index (χ2n) is 24.4. The van der Waals surface area contributed by atoms with Gasteiger partial charge in [-0.25, -0.2) is 0 Å². The number of allylic oxidation sites excluding steroid dienone is 30. The molecular formula is C82H131NO8. The summed E-state index contributed by atoms with van der Waals surface area (Å²) in [5.74, 6) is -2.32. The van der Waals surface area contributed by atoms with E-state index in [1.807, 2.05) is 21.1 Å². The average molecular weight is 1260 g/mol. The van der Waals surface area contributed by atoms with Crippen LogP contribution in [0.1, 0.15) is 258 Å². The van der Waals surface area contributed by atoms with E-state index in [9.17, 15) is 19.5 Å². The largest absolute Gasteiger partial charge is 0.545 e. The summed E-state index contributed by atoms with van der Waals surface area (Å²) in [6.07, 6.45) is 104. The van der Waals surface area contributed by atoms with Crippen LogP contribution in [0.25, 0.3) is 0 Å². The van der Waals surface area contributed by atoms with Crippen molar-refractivity contribution in [1.29, 1.82) is 0 Å². The smallest absolute Gasteiger partial charge is 0.306 e. The molecule has 0 heterocycles. The van der Waals surface area contributed by atoms with Crippen molar-refractivity contribution < 1.29 is 42.9 Å². The van der Waals surface area contributed by atoms with Gasteiger partial charge in [-0.2, -0.15) is 0 Å². The minimum Gasteiger partial charge on any atom is -0.545 e. The zero-order chi connectivity index (χ0) is 66.1. The maximum Gasteiger partial charge on any atom is 0.306 e. The number of carboxylic acids is 1. The minimum atomic E-state index is -1.64. The fraction of sp³-hybridized carbons (Fsp3) is 0.598. The van der Waals surface area contributed by atoms with Crippen molar-refractivity contribution in [3.8, 4) is 0 Å². The van der Waals surface area contributed by atoms with Crippen LogP contribution >= 0.6 is 0 Å². The van der Waals surface area contributed by atoms with Gasteiger partial charge < -0.3 is 33.3 Å². The number of aliphatic carboxylic acids is 1. The molecule has 0 aromatic carbocycles. The van der Waals surface area contributed by atoms with Gasteiger partial charge in [0, 0.05) is 12.8 Å². The Balaban J connectivity index is 4.19. The van der Waals surface area contributed by atoms with Crippen LogP contribution in [0.4, 0.5) is 0 Å². The molecule has 2 unspecified atom stereocenters. The first-order valence-electron chi connectivity index (χ1n) is 35.9. The number of rotatable bonds is 64. The van der Waals surface area contributed by atoms with E-state index in [1.54, 1.807) is 0 Å². The summed E-state index contributed by atoms with van der Waals surface area (Å²) in [6.45, 7) is 4.49. The molecule has 0 aliphatic heterocycles. The van der Waals surface area contributed by atoms with E-state index < -0.39 is 24.3 Å². The van der Waals surface area contributed by atoms with Gasteiger partial charge in [0.05, 0.1) is 40.3 Å². The van der Waals surface area contributed by atoms with E-state index in [0.717, 1.165) is 154 Å². The SMILES string of the molecule is CC/C=C\C/C=C\C/C=C\C/C=C\C/C=C\C/C=C\C/C=C\C/C=C\CCCCCCCCCCCCCCC(=O)OC(COC(=O)CCCCCCCCC/C=C\C/C=C\C/C=C\C/C=C\C/C=C\C/C=C\C/C=C\CC)COC(OCC[N+](C)(C)C)C(=O)[O-]. The van der Waals surface area contributed by atoms with E-state index in [2.05, 4.69) is 196 Å². The average Bonchev–Trinajstić information content (AvgIpc) is 3.50. The van der Waals surface area contributed by atoms with Crippen molar-refractivity contribution in [3.63, 3.8) is 0 Å². The zero-order valence-electron chi connectivity index (χ0n) is 58.4. The summed E-state index contributed by atoms with van der Waals surface area (Å²) in [6, 6.07) is 0. The van der Waals surface area contributed by atoms with Gasteiger partial charge in [-0.1, -0.05) is 292 Å². The molecule has 0 bridgehead atoms. The number of ether oxygens (including phenoxy) is 4. The van der Waals surface area contributed by atoms with Crippen molar-refractivity contribution in [1.82, 2.24) is 0 Å².